The number of carbonyl (C=O) groups excluding carboxylic acids is 1. The lowest BCUT2D eigenvalue weighted by Gasteiger charge is -2.25. The molecule has 110 valence electrons. The van der Waals surface area contributed by atoms with E-state index in [-0.39, 0.29) is 12.0 Å². The Balaban J connectivity index is 1.96. The predicted octanol–water partition coefficient (Wildman–Crippen LogP) is 2.34. The number of thioether (sulfide) groups is 1. The highest BCUT2D eigenvalue weighted by Crippen LogP contribution is 2.15. The molecule has 1 fully saturated rings. The Morgan fingerprint density at radius 3 is 3.10 bits per heavy atom. The fourth-order valence-corrected chi connectivity index (χ4v) is 2.70. The molecule has 2 heterocycles. The Hall–Kier alpha value is -1.07. The molecule has 5 heteroatoms. The van der Waals surface area contributed by atoms with Crippen molar-refractivity contribution in [3.8, 4) is 0 Å². The van der Waals surface area contributed by atoms with Crippen molar-refractivity contribution in [1.82, 2.24) is 9.88 Å². The van der Waals surface area contributed by atoms with Crippen LogP contribution in [0.4, 0.5) is 0 Å². The van der Waals surface area contributed by atoms with Crippen molar-refractivity contribution in [2.24, 2.45) is 0 Å². The van der Waals surface area contributed by atoms with Crippen molar-refractivity contribution in [1.29, 1.82) is 0 Å². The molecule has 0 N–H and O–H groups in total. The minimum atomic E-state index is 0.192. The summed E-state index contributed by atoms with van der Waals surface area (Å²) < 4.78 is 5.66. The van der Waals surface area contributed by atoms with Crippen LogP contribution in [0.1, 0.15) is 25.0 Å². The Bertz CT molecular complexity index is 408. The van der Waals surface area contributed by atoms with Crippen LogP contribution >= 0.6 is 11.8 Å². The van der Waals surface area contributed by atoms with E-state index in [4.69, 9.17) is 4.74 Å². The highest BCUT2D eigenvalue weighted by molar-refractivity contribution is 7.98. The van der Waals surface area contributed by atoms with Gasteiger partial charge < -0.3 is 9.64 Å². The standard InChI is InChI=1S/C15H22N2O2S/c1-20-10-7-15(18)17(12-14-6-4-9-19-14)11-13-5-2-3-8-16-13/h2-3,5,8,14H,4,6-7,9-12H2,1H3/t14-/m1/s1. The van der Waals surface area contributed by atoms with Crippen LogP contribution in [0.5, 0.6) is 0 Å². The molecule has 0 bridgehead atoms. The van der Waals surface area contributed by atoms with Gasteiger partial charge in [-0.05, 0) is 31.2 Å². The maximum absolute atomic E-state index is 12.3. The van der Waals surface area contributed by atoms with E-state index in [1.807, 2.05) is 29.4 Å². The highest BCUT2D eigenvalue weighted by atomic mass is 32.2. The van der Waals surface area contributed by atoms with E-state index in [2.05, 4.69) is 4.98 Å². The second-order valence-corrected chi connectivity index (χ2v) is 5.96. The third-order valence-electron chi connectivity index (χ3n) is 3.40. The lowest BCUT2D eigenvalue weighted by atomic mass is 10.2. The number of pyridine rings is 1. The van der Waals surface area contributed by atoms with Gasteiger partial charge in [0, 0.05) is 31.5 Å². The van der Waals surface area contributed by atoms with Gasteiger partial charge in [0.15, 0.2) is 0 Å². The molecule has 1 aromatic rings. The van der Waals surface area contributed by atoms with Gasteiger partial charge in [-0.15, -0.1) is 0 Å². The molecule has 0 aromatic carbocycles. The number of hydrogen-bond acceptors (Lipinski definition) is 4. The second-order valence-electron chi connectivity index (χ2n) is 4.97. The van der Waals surface area contributed by atoms with Crippen LogP contribution in [0.3, 0.4) is 0 Å². The van der Waals surface area contributed by atoms with Crippen LogP contribution in [-0.4, -0.2) is 47.1 Å². The Morgan fingerprint density at radius 2 is 2.45 bits per heavy atom. The number of ether oxygens (including phenoxy) is 1. The van der Waals surface area contributed by atoms with Gasteiger partial charge in [-0.1, -0.05) is 6.07 Å². The molecule has 0 aliphatic carbocycles. The molecule has 20 heavy (non-hydrogen) atoms. The van der Waals surface area contributed by atoms with E-state index in [0.29, 0.717) is 19.5 Å². The Kier molecular flexibility index (Phi) is 6.33. The average molecular weight is 294 g/mol. The first-order chi connectivity index (χ1) is 9.79. The van der Waals surface area contributed by atoms with Crippen molar-refractivity contribution >= 4 is 17.7 Å². The fraction of sp³-hybridized carbons (Fsp3) is 0.600. The zero-order valence-electron chi connectivity index (χ0n) is 12.0. The van der Waals surface area contributed by atoms with Crippen molar-refractivity contribution in [2.45, 2.75) is 31.9 Å². The van der Waals surface area contributed by atoms with E-state index in [0.717, 1.165) is 30.9 Å². The summed E-state index contributed by atoms with van der Waals surface area (Å²) in [5, 5.41) is 0. The minimum absolute atomic E-state index is 0.192. The van der Waals surface area contributed by atoms with Crippen LogP contribution in [0.15, 0.2) is 24.4 Å². The number of rotatable bonds is 7. The summed E-state index contributed by atoms with van der Waals surface area (Å²) in [5.74, 6) is 1.06. The third-order valence-corrected chi connectivity index (χ3v) is 4.01. The van der Waals surface area contributed by atoms with Crippen molar-refractivity contribution in [3.05, 3.63) is 30.1 Å². The SMILES string of the molecule is CSCCC(=O)N(Cc1ccccn1)C[C@H]1CCCO1. The molecule has 0 saturated carbocycles. The maximum atomic E-state index is 12.3. The number of carbonyl (C=O) groups is 1. The monoisotopic (exact) mass is 294 g/mol. The summed E-state index contributed by atoms with van der Waals surface area (Å²) >= 11 is 1.70. The first kappa shape index (κ1) is 15.3. The van der Waals surface area contributed by atoms with Gasteiger partial charge in [-0.2, -0.15) is 11.8 Å². The summed E-state index contributed by atoms with van der Waals surface area (Å²) in [5.41, 5.74) is 0.933. The van der Waals surface area contributed by atoms with E-state index in [1.54, 1.807) is 18.0 Å². The van der Waals surface area contributed by atoms with Crippen molar-refractivity contribution in [2.75, 3.05) is 25.2 Å². The lowest BCUT2D eigenvalue weighted by Crippen LogP contribution is -2.37. The van der Waals surface area contributed by atoms with Crippen LogP contribution in [0.25, 0.3) is 0 Å². The molecule has 1 aliphatic heterocycles. The third kappa shape index (κ3) is 4.80. The van der Waals surface area contributed by atoms with Crippen LogP contribution < -0.4 is 0 Å². The van der Waals surface area contributed by atoms with Gasteiger partial charge in [-0.25, -0.2) is 0 Å². The van der Waals surface area contributed by atoms with Gasteiger partial charge in [0.05, 0.1) is 18.3 Å². The van der Waals surface area contributed by atoms with Crippen molar-refractivity contribution < 1.29 is 9.53 Å². The first-order valence-electron chi connectivity index (χ1n) is 7.08. The molecule has 1 aromatic heterocycles. The number of aromatic nitrogens is 1. The molecule has 2 rings (SSSR count). The van der Waals surface area contributed by atoms with E-state index < -0.39 is 0 Å². The Labute approximate surface area is 124 Å². The fourth-order valence-electron chi connectivity index (χ4n) is 2.32. The summed E-state index contributed by atoms with van der Waals surface area (Å²) in [6, 6.07) is 5.81. The minimum Gasteiger partial charge on any atom is -0.376 e. The van der Waals surface area contributed by atoms with Crippen LogP contribution in [0, 0.1) is 0 Å². The zero-order chi connectivity index (χ0) is 14.2. The summed E-state index contributed by atoms with van der Waals surface area (Å²) in [7, 11) is 0. The smallest absolute Gasteiger partial charge is 0.223 e. The molecule has 0 radical (unpaired) electrons. The quantitative estimate of drug-likeness (QED) is 0.774. The summed E-state index contributed by atoms with van der Waals surface area (Å²) in [6.07, 6.45) is 6.72. The van der Waals surface area contributed by atoms with Gasteiger partial charge in [0.25, 0.3) is 0 Å². The molecule has 0 unspecified atom stereocenters. The zero-order valence-corrected chi connectivity index (χ0v) is 12.8. The highest BCUT2D eigenvalue weighted by Gasteiger charge is 2.22. The van der Waals surface area contributed by atoms with Gasteiger partial charge in [-0.3, -0.25) is 9.78 Å². The van der Waals surface area contributed by atoms with E-state index in [9.17, 15) is 4.79 Å². The molecular formula is C15H22N2O2S. The summed E-state index contributed by atoms with van der Waals surface area (Å²) in [6.45, 7) is 2.08. The topological polar surface area (TPSA) is 42.4 Å². The predicted molar refractivity (Wildman–Crippen MR) is 81.6 cm³/mol. The normalized spacial score (nSPS) is 18.1. The first-order valence-corrected chi connectivity index (χ1v) is 8.47. The number of nitrogens with zero attached hydrogens (tertiary/aromatic N) is 2. The maximum Gasteiger partial charge on any atom is 0.223 e. The average Bonchev–Trinajstić information content (AvgIpc) is 2.98. The molecule has 4 nitrogen and oxygen atoms in total. The molecular weight excluding hydrogens is 272 g/mol. The van der Waals surface area contributed by atoms with Crippen molar-refractivity contribution in [3.63, 3.8) is 0 Å². The second kappa shape index (κ2) is 8.27. The lowest BCUT2D eigenvalue weighted by molar-refractivity contribution is -0.133. The molecule has 1 saturated heterocycles. The summed E-state index contributed by atoms with van der Waals surface area (Å²) in [4.78, 5) is 18.5. The molecule has 1 aliphatic rings. The molecule has 1 atom stereocenters. The van der Waals surface area contributed by atoms with E-state index >= 15 is 0 Å². The van der Waals surface area contributed by atoms with Crippen LogP contribution in [0.2, 0.25) is 0 Å². The van der Waals surface area contributed by atoms with Gasteiger partial charge >= 0.3 is 0 Å². The molecule has 1 amide bonds. The largest absolute Gasteiger partial charge is 0.376 e. The number of hydrogen-bond donors (Lipinski definition) is 0. The Morgan fingerprint density at radius 1 is 1.55 bits per heavy atom. The van der Waals surface area contributed by atoms with Gasteiger partial charge in [0.2, 0.25) is 5.91 Å². The number of amides is 1. The molecule has 0 spiro atoms. The van der Waals surface area contributed by atoms with Crippen LogP contribution in [-0.2, 0) is 16.1 Å². The van der Waals surface area contributed by atoms with E-state index in [1.165, 1.54) is 0 Å². The van der Waals surface area contributed by atoms with Gasteiger partial charge in [0.1, 0.15) is 0 Å².